The van der Waals surface area contributed by atoms with Gasteiger partial charge >= 0.3 is 30.1 Å². The minimum Gasteiger partial charge on any atom is -0.458 e. The van der Waals surface area contributed by atoms with Gasteiger partial charge < -0.3 is 34.3 Å². The molecule has 0 aromatic carbocycles. The highest BCUT2D eigenvalue weighted by atomic mass is 16.6. The number of amides is 2. The van der Waals surface area contributed by atoms with E-state index in [0.717, 1.165) is 13.2 Å². The molecule has 12 nitrogen and oxygen atoms in total. The van der Waals surface area contributed by atoms with Crippen LogP contribution in [-0.2, 0) is 38.1 Å². The molecule has 0 aliphatic carbocycles. The lowest BCUT2D eigenvalue weighted by molar-refractivity contribution is -0.170. The molecule has 0 saturated heterocycles. The zero-order valence-electron chi connectivity index (χ0n) is 17.6. The highest BCUT2D eigenvalue weighted by Gasteiger charge is 2.40. The van der Waals surface area contributed by atoms with Crippen LogP contribution in [0.5, 0.6) is 0 Å². The van der Waals surface area contributed by atoms with E-state index in [1.54, 1.807) is 0 Å². The van der Waals surface area contributed by atoms with Gasteiger partial charge in [0.05, 0.1) is 13.8 Å². The van der Waals surface area contributed by atoms with Gasteiger partial charge in [0.15, 0.2) is 0 Å². The van der Waals surface area contributed by atoms with E-state index in [9.17, 15) is 24.0 Å². The van der Waals surface area contributed by atoms with Crippen molar-refractivity contribution in [1.82, 2.24) is 10.6 Å². The molecule has 12 heteroatoms. The molecule has 0 saturated carbocycles. The molecular formula is C19H26N2O10. The molecule has 0 fully saturated rings. The van der Waals surface area contributed by atoms with E-state index in [0.29, 0.717) is 0 Å². The van der Waals surface area contributed by atoms with Gasteiger partial charge in [-0.25, -0.2) is 24.0 Å². The van der Waals surface area contributed by atoms with Gasteiger partial charge in [0, 0.05) is 17.2 Å². The van der Waals surface area contributed by atoms with Gasteiger partial charge in [-0.3, -0.25) is 0 Å². The molecular weight excluding hydrogens is 416 g/mol. The summed E-state index contributed by atoms with van der Waals surface area (Å²) in [6.45, 7) is 10.5. The van der Waals surface area contributed by atoms with Crippen LogP contribution in [0.15, 0.2) is 37.0 Å². The lowest BCUT2D eigenvalue weighted by Gasteiger charge is -2.31. The van der Waals surface area contributed by atoms with Crippen molar-refractivity contribution >= 4 is 30.1 Å². The molecule has 2 amide bonds. The number of esters is 3. The Labute approximate surface area is 179 Å². The quantitative estimate of drug-likeness (QED) is 0.191. The van der Waals surface area contributed by atoms with Gasteiger partial charge in [0.25, 0.3) is 0 Å². The van der Waals surface area contributed by atoms with Gasteiger partial charge in [-0.15, -0.1) is 0 Å². The summed E-state index contributed by atoms with van der Waals surface area (Å²) in [6.07, 6.45) is -1.09. The van der Waals surface area contributed by atoms with Gasteiger partial charge in [-0.05, 0) is 13.8 Å². The number of carbonyl (C=O) groups is 5. The Kier molecular flexibility index (Phi) is 11.7. The molecule has 0 aliphatic heterocycles. The molecule has 0 spiro atoms. The lowest BCUT2D eigenvalue weighted by Crippen LogP contribution is -2.52. The minimum atomic E-state index is -1.94. The number of rotatable bonds is 12. The van der Waals surface area contributed by atoms with Crippen molar-refractivity contribution < 1.29 is 47.7 Å². The zero-order chi connectivity index (χ0) is 24.0. The molecule has 0 aromatic heterocycles. The highest BCUT2D eigenvalue weighted by Crippen LogP contribution is 2.17. The molecule has 31 heavy (non-hydrogen) atoms. The van der Waals surface area contributed by atoms with Crippen LogP contribution in [0.1, 0.15) is 13.8 Å². The normalized spacial score (nSPS) is 10.0. The number of ether oxygens (including phenoxy) is 5. The first kappa shape index (κ1) is 27.2. The largest absolute Gasteiger partial charge is 0.458 e. The zero-order valence-corrected chi connectivity index (χ0v) is 17.6. The van der Waals surface area contributed by atoms with Crippen LogP contribution in [-0.4, -0.2) is 69.3 Å². The van der Waals surface area contributed by atoms with Crippen molar-refractivity contribution in [3.63, 3.8) is 0 Å². The maximum absolute atomic E-state index is 12.2. The molecule has 0 heterocycles. The van der Waals surface area contributed by atoms with Crippen molar-refractivity contribution in [2.24, 2.45) is 0 Å². The van der Waals surface area contributed by atoms with Crippen LogP contribution in [0.2, 0.25) is 0 Å². The average molecular weight is 442 g/mol. The Bertz CT molecular complexity index is 714. The molecule has 172 valence electrons. The molecule has 0 aromatic rings. The van der Waals surface area contributed by atoms with E-state index in [1.807, 2.05) is 0 Å². The van der Waals surface area contributed by atoms with Crippen molar-refractivity contribution in [2.45, 2.75) is 19.4 Å². The monoisotopic (exact) mass is 442 g/mol. The third kappa shape index (κ3) is 11.1. The number of hydrogen-bond donors (Lipinski definition) is 2. The first-order valence-electron chi connectivity index (χ1n) is 8.69. The number of carbonyl (C=O) groups excluding carboxylic acids is 5. The molecule has 2 N–H and O–H groups in total. The lowest BCUT2D eigenvalue weighted by atomic mass is 10.1. The third-order valence-electron chi connectivity index (χ3n) is 3.23. The van der Waals surface area contributed by atoms with Crippen LogP contribution in [0.3, 0.4) is 0 Å². The second-order valence-electron chi connectivity index (χ2n) is 6.12. The molecule has 0 rings (SSSR count). The van der Waals surface area contributed by atoms with Gasteiger partial charge in [0.1, 0.15) is 19.8 Å². The summed E-state index contributed by atoms with van der Waals surface area (Å²) < 4.78 is 24.6. The van der Waals surface area contributed by atoms with Gasteiger partial charge in [-0.2, -0.15) is 0 Å². The predicted molar refractivity (Wildman–Crippen MR) is 105 cm³/mol. The third-order valence-corrected chi connectivity index (χ3v) is 3.23. The fraction of sp³-hybridized carbons (Fsp3) is 0.421. The van der Waals surface area contributed by atoms with Crippen LogP contribution in [0.4, 0.5) is 9.59 Å². The van der Waals surface area contributed by atoms with E-state index >= 15 is 0 Å². The van der Waals surface area contributed by atoms with Crippen molar-refractivity contribution in [2.75, 3.05) is 33.6 Å². The molecule has 0 aliphatic rings. The van der Waals surface area contributed by atoms with Crippen molar-refractivity contribution in [3.05, 3.63) is 37.0 Å². The van der Waals surface area contributed by atoms with Crippen molar-refractivity contribution in [3.8, 4) is 0 Å². The number of alkyl carbamates (subject to hydrolysis) is 2. The van der Waals surface area contributed by atoms with Crippen LogP contribution >= 0.6 is 0 Å². The Morgan fingerprint density at radius 3 is 1.71 bits per heavy atom. The SMILES string of the molecule is C=CC(=O)OCC(COC(=O)C(=C)C)(COC(=O)C(=C)C)OC(=O)NCNC(=O)OC. The summed E-state index contributed by atoms with van der Waals surface area (Å²) >= 11 is 0. The number of hydrogen-bond acceptors (Lipinski definition) is 10. The van der Waals surface area contributed by atoms with Crippen LogP contribution < -0.4 is 10.6 Å². The van der Waals surface area contributed by atoms with Gasteiger partial charge in [0.2, 0.25) is 5.60 Å². The van der Waals surface area contributed by atoms with Crippen molar-refractivity contribution in [1.29, 1.82) is 0 Å². The average Bonchev–Trinajstić information content (AvgIpc) is 2.73. The summed E-state index contributed by atoms with van der Waals surface area (Å²) in [5.74, 6) is -2.54. The summed E-state index contributed by atoms with van der Waals surface area (Å²) in [5, 5.41) is 4.35. The molecule has 0 atom stereocenters. The molecule has 0 bridgehead atoms. The maximum atomic E-state index is 12.2. The Hall–Kier alpha value is -3.83. The maximum Gasteiger partial charge on any atom is 0.409 e. The van der Waals surface area contributed by atoms with Crippen LogP contribution in [0.25, 0.3) is 0 Å². The Morgan fingerprint density at radius 2 is 1.29 bits per heavy atom. The van der Waals surface area contributed by atoms with E-state index in [4.69, 9.17) is 18.9 Å². The first-order valence-corrected chi connectivity index (χ1v) is 8.69. The van der Waals surface area contributed by atoms with E-state index < -0.39 is 55.5 Å². The summed E-state index contributed by atoms with van der Waals surface area (Å²) in [5.41, 5.74) is -1.85. The van der Waals surface area contributed by atoms with E-state index in [-0.39, 0.29) is 17.8 Å². The minimum absolute atomic E-state index is 0.0441. The smallest absolute Gasteiger partial charge is 0.409 e. The fourth-order valence-electron chi connectivity index (χ4n) is 1.61. The Balaban J connectivity index is 5.57. The van der Waals surface area contributed by atoms with E-state index in [2.05, 4.69) is 35.1 Å². The standard InChI is InChI=1S/C19H26N2O10/c1-7-14(22)28-8-19(9-29-15(23)12(2)3,10-30-16(24)13(4)5)31-18(26)21-11-20-17(25)27-6/h7H,1-2,4,8-11H2,3,5-6H3,(H,20,25)(H,21,26). The topological polar surface area (TPSA) is 156 Å². The Morgan fingerprint density at radius 1 is 0.839 bits per heavy atom. The molecule has 0 unspecified atom stereocenters. The predicted octanol–water partition coefficient (Wildman–Crippen LogP) is 0.733. The number of nitrogens with one attached hydrogen (secondary N) is 2. The highest BCUT2D eigenvalue weighted by molar-refractivity contribution is 5.87. The second-order valence-corrected chi connectivity index (χ2v) is 6.12. The summed E-state index contributed by atoms with van der Waals surface area (Å²) in [4.78, 5) is 58.4. The van der Waals surface area contributed by atoms with Gasteiger partial charge in [-0.1, -0.05) is 19.7 Å². The van der Waals surface area contributed by atoms with E-state index in [1.165, 1.54) is 13.8 Å². The molecule has 0 radical (unpaired) electrons. The second kappa shape index (κ2) is 13.4. The number of methoxy groups -OCH3 is 1. The first-order chi connectivity index (χ1) is 14.5. The summed E-state index contributed by atoms with van der Waals surface area (Å²) in [6, 6.07) is 0. The fourth-order valence-corrected chi connectivity index (χ4v) is 1.61. The van der Waals surface area contributed by atoms with Crippen LogP contribution in [0, 0.1) is 0 Å². The summed E-state index contributed by atoms with van der Waals surface area (Å²) in [7, 11) is 1.12.